The van der Waals surface area contributed by atoms with Crippen molar-refractivity contribution in [2.24, 2.45) is 0 Å². The van der Waals surface area contributed by atoms with E-state index in [0.717, 1.165) is 14.6 Å². The molecule has 1 heterocycles. The van der Waals surface area contributed by atoms with Crippen molar-refractivity contribution in [2.75, 3.05) is 14.1 Å². The van der Waals surface area contributed by atoms with Crippen molar-refractivity contribution >= 4 is 33.4 Å². The van der Waals surface area contributed by atoms with E-state index < -0.39 is 10.2 Å². The van der Waals surface area contributed by atoms with Gasteiger partial charge in [0, 0.05) is 14.1 Å². The van der Waals surface area contributed by atoms with Gasteiger partial charge in [0.25, 0.3) is 0 Å². The van der Waals surface area contributed by atoms with Gasteiger partial charge in [0.1, 0.15) is 6.33 Å². The molecule has 0 radical (unpaired) electrons. The zero-order valence-electron chi connectivity index (χ0n) is 6.90. The Balaban J connectivity index is 3.32. The van der Waals surface area contributed by atoms with Crippen LogP contribution < -0.4 is 0 Å². The zero-order valence-corrected chi connectivity index (χ0v) is 9.23. The molecule has 8 heteroatoms. The first-order chi connectivity index (χ1) is 5.87. The minimum absolute atomic E-state index is 0.0351. The largest absolute Gasteiger partial charge is 0.309 e. The molecule has 5 nitrogen and oxygen atoms in total. The van der Waals surface area contributed by atoms with E-state index in [0.29, 0.717) is 0 Å². The van der Waals surface area contributed by atoms with E-state index >= 15 is 0 Å². The molecule has 1 rings (SSSR count). The molecular formula is C5H7Cl2N3O2S. The van der Waals surface area contributed by atoms with Gasteiger partial charge in [0.2, 0.25) is 0 Å². The molecule has 0 saturated carbocycles. The summed E-state index contributed by atoms with van der Waals surface area (Å²) in [7, 11) is -0.839. The second-order valence-electron chi connectivity index (χ2n) is 2.41. The lowest BCUT2D eigenvalue weighted by Gasteiger charge is -2.11. The van der Waals surface area contributed by atoms with Crippen molar-refractivity contribution in [1.29, 1.82) is 0 Å². The van der Waals surface area contributed by atoms with Crippen LogP contribution in [0.5, 0.6) is 0 Å². The summed E-state index contributed by atoms with van der Waals surface area (Å²) >= 11 is 11.1. The van der Waals surface area contributed by atoms with Crippen molar-refractivity contribution in [3.05, 3.63) is 16.6 Å². The number of halogens is 2. The molecule has 0 amide bonds. The van der Waals surface area contributed by atoms with E-state index in [4.69, 9.17) is 23.2 Å². The van der Waals surface area contributed by atoms with E-state index in [1.54, 1.807) is 0 Å². The van der Waals surface area contributed by atoms with Gasteiger partial charge in [-0.3, -0.25) is 0 Å². The summed E-state index contributed by atoms with van der Waals surface area (Å²) in [5.41, 5.74) is 0. The third-order valence-electron chi connectivity index (χ3n) is 1.35. The van der Waals surface area contributed by atoms with E-state index in [2.05, 4.69) is 4.98 Å². The number of aromatic nitrogens is 2. The predicted octanol–water partition coefficient (Wildman–Crippen LogP) is 0.844. The first-order valence-electron chi connectivity index (χ1n) is 3.18. The molecular weight excluding hydrogens is 237 g/mol. The highest BCUT2D eigenvalue weighted by Crippen LogP contribution is 2.21. The maximum Gasteiger partial charge on any atom is 0.309 e. The first-order valence-corrected chi connectivity index (χ1v) is 5.34. The summed E-state index contributed by atoms with van der Waals surface area (Å²) in [5.74, 6) is 0. The van der Waals surface area contributed by atoms with E-state index in [-0.39, 0.29) is 10.3 Å². The zero-order chi connectivity index (χ0) is 10.2. The highest BCUT2D eigenvalue weighted by molar-refractivity contribution is 7.87. The molecule has 0 bridgehead atoms. The molecule has 0 fully saturated rings. The van der Waals surface area contributed by atoms with Crippen LogP contribution in [0.4, 0.5) is 0 Å². The smallest absolute Gasteiger partial charge is 0.222 e. The van der Waals surface area contributed by atoms with Crippen molar-refractivity contribution < 1.29 is 8.42 Å². The van der Waals surface area contributed by atoms with Gasteiger partial charge in [-0.25, -0.2) is 8.96 Å². The number of hydrogen-bond donors (Lipinski definition) is 0. The predicted molar refractivity (Wildman–Crippen MR) is 50.3 cm³/mol. The van der Waals surface area contributed by atoms with Gasteiger partial charge < -0.3 is 0 Å². The summed E-state index contributed by atoms with van der Waals surface area (Å²) < 4.78 is 24.8. The normalized spacial score (nSPS) is 12.4. The molecule has 0 unspecified atom stereocenters. The fraction of sp³-hybridized carbons (Fsp3) is 0.400. The third-order valence-corrected chi connectivity index (χ3v) is 3.88. The summed E-state index contributed by atoms with van der Waals surface area (Å²) in [4.78, 5) is 3.56. The maximum atomic E-state index is 11.5. The van der Waals surface area contributed by atoms with Gasteiger partial charge in [-0.05, 0) is 0 Å². The Morgan fingerprint density at radius 3 is 2.31 bits per heavy atom. The average Bonchev–Trinajstić information content (AvgIpc) is 2.33. The van der Waals surface area contributed by atoms with Crippen LogP contribution in [0.3, 0.4) is 0 Å². The lowest BCUT2D eigenvalue weighted by atomic mass is 10.9. The Hall–Kier alpha value is -0.300. The van der Waals surface area contributed by atoms with Crippen LogP contribution >= 0.6 is 23.2 Å². The molecule has 74 valence electrons. The van der Waals surface area contributed by atoms with E-state index in [1.165, 1.54) is 14.1 Å². The fourth-order valence-electron chi connectivity index (χ4n) is 0.635. The summed E-state index contributed by atoms with van der Waals surface area (Å²) in [6, 6.07) is 0. The number of nitrogens with zero attached hydrogens (tertiary/aromatic N) is 3. The first kappa shape index (κ1) is 10.8. The minimum atomic E-state index is -3.62. The van der Waals surface area contributed by atoms with Crippen molar-refractivity contribution in [2.45, 2.75) is 0 Å². The molecule has 1 aromatic heterocycles. The maximum absolute atomic E-state index is 11.5. The molecule has 0 aromatic carbocycles. The Kier molecular flexibility index (Phi) is 2.86. The monoisotopic (exact) mass is 243 g/mol. The minimum Gasteiger partial charge on any atom is -0.222 e. The Bertz CT molecular complexity index is 411. The van der Waals surface area contributed by atoms with Crippen LogP contribution in [-0.2, 0) is 10.2 Å². The Morgan fingerprint density at radius 2 is 2.00 bits per heavy atom. The summed E-state index contributed by atoms with van der Waals surface area (Å²) in [5, 5.41) is -0.151. The Morgan fingerprint density at radius 1 is 1.46 bits per heavy atom. The highest BCUT2D eigenvalue weighted by Gasteiger charge is 2.20. The second-order valence-corrected chi connectivity index (χ2v) is 5.15. The molecule has 0 aliphatic rings. The molecule has 0 N–H and O–H groups in total. The van der Waals surface area contributed by atoms with Crippen molar-refractivity contribution in [3.8, 4) is 0 Å². The van der Waals surface area contributed by atoms with Crippen LogP contribution in [0, 0.1) is 0 Å². The van der Waals surface area contributed by atoms with E-state index in [1.807, 2.05) is 0 Å². The van der Waals surface area contributed by atoms with Crippen LogP contribution in [0.1, 0.15) is 0 Å². The average molecular weight is 244 g/mol. The molecule has 0 spiro atoms. The van der Waals surface area contributed by atoms with E-state index in [9.17, 15) is 8.42 Å². The fourth-order valence-corrected chi connectivity index (χ4v) is 1.98. The number of rotatable bonds is 2. The lowest BCUT2D eigenvalue weighted by molar-refractivity contribution is 0.511. The van der Waals surface area contributed by atoms with Gasteiger partial charge in [-0.2, -0.15) is 12.7 Å². The van der Waals surface area contributed by atoms with Crippen molar-refractivity contribution in [3.63, 3.8) is 0 Å². The topological polar surface area (TPSA) is 55.2 Å². The summed E-state index contributed by atoms with van der Waals surface area (Å²) in [6.45, 7) is 0. The summed E-state index contributed by atoms with van der Waals surface area (Å²) in [6.07, 6.45) is 1.06. The van der Waals surface area contributed by atoms with Gasteiger partial charge in [-0.1, -0.05) is 23.2 Å². The molecule has 0 atom stereocenters. The standard InChI is InChI=1S/C5H7Cl2N3O2S/c1-9(2)13(11,12)10-3-8-4(6)5(10)7/h3H,1-2H3. The van der Waals surface area contributed by atoms with Gasteiger partial charge in [-0.15, -0.1) is 0 Å². The molecule has 13 heavy (non-hydrogen) atoms. The number of imidazole rings is 1. The lowest BCUT2D eigenvalue weighted by Crippen LogP contribution is -2.28. The van der Waals surface area contributed by atoms with Crippen LogP contribution in [0.15, 0.2) is 6.33 Å². The molecule has 0 aliphatic carbocycles. The molecule has 0 saturated heterocycles. The van der Waals surface area contributed by atoms with Gasteiger partial charge >= 0.3 is 10.2 Å². The molecule has 1 aromatic rings. The van der Waals surface area contributed by atoms with Crippen LogP contribution in [0.2, 0.25) is 10.3 Å². The van der Waals surface area contributed by atoms with Crippen LogP contribution in [0.25, 0.3) is 0 Å². The van der Waals surface area contributed by atoms with Crippen molar-refractivity contribution in [1.82, 2.24) is 13.3 Å². The van der Waals surface area contributed by atoms with Crippen LogP contribution in [-0.4, -0.2) is 35.8 Å². The quantitative estimate of drug-likeness (QED) is 0.774. The van der Waals surface area contributed by atoms with Gasteiger partial charge in [0.15, 0.2) is 10.3 Å². The second kappa shape index (κ2) is 3.45. The Labute approximate surface area is 86.1 Å². The molecule has 0 aliphatic heterocycles. The SMILES string of the molecule is CN(C)S(=O)(=O)n1cnc(Cl)c1Cl. The third kappa shape index (κ3) is 1.80. The van der Waals surface area contributed by atoms with Gasteiger partial charge in [0.05, 0.1) is 0 Å². The highest BCUT2D eigenvalue weighted by atomic mass is 35.5. The number of hydrogen-bond acceptors (Lipinski definition) is 3.